The number of nitriles is 1. The van der Waals surface area contributed by atoms with Crippen LogP contribution in [0.25, 0.3) is 89.2 Å². The van der Waals surface area contributed by atoms with Crippen LogP contribution in [0.5, 0.6) is 0 Å². The molecular weight excluding hydrogens is 661 g/mol. The maximum absolute atomic E-state index is 10.9. The Balaban J connectivity index is 1.24. The van der Waals surface area contributed by atoms with Crippen LogP contribution in [0, 0.1) is 25.2 Å². The number of hydrogen-bond donors (Lipinski definition) is 0. The van der Waals surface area contributed by atoms with Crippen LogP contribution in [0.3, 0.4) is 0 Å². The van der Waals surface area contributed by atoms with Gasteiger partial charge in [-0.1, -0.05) is 109 Å². The summed E-state index contributed by atoms with van der Waals surface area (Å²) in [5.41, 5.74) is 11.8. The van der Waals surface area contributed by atoms with Crippen LogP contribution in [0.15, 0.2) is 158 Å². The minimum Gasteiger partial charge on any atom is -0.309 e. The van der Waals surface area contributed by atoms with E-state index >= 15 is 0 Å². The van der Waals surface area contributed by atoms with Gasteiger partial charge in [-0.25, -0.2) is 15.0 Å². The van der Waals surface area contributed by atoms with Crippen molar-refractivity contribution in [3.8, 4) is 51.6 Å². The Labute approximate surface area is 311 Å². The molecule has 0 aliphatic heterocycles. The van der Waals surface area contributed by atoms with Crippen molar-refractivity contribution < 1.29 is 0 Å². The fourth-order valence-corrected chi connectivity index (χ4v) is 8.01. The van der Waals surface area contributed by atoms with E-state index in [-0.39, 0.29) is 0 Å². The molecule has 0 aliphatic rings. The molecule has 0 fully saturated rings. The van der Waals surface area contributed by atoms with Crippen LogP contribution < -0.4 is 0 Å². The second-order valence-electron chi connectivity index (χ2n) is 13.8. The average molecular weight is 693 g/mol. The Morgan fingerprint density at radius 2 is 1.02 bits per heavy atom. The Bertz CT molecular complexity index is 3050. The smallest absolute Gasteiger partial charge is 0.164 e. The van der Waals surface area contributed by atoms with Crippen molar-refractivity contribution in [2.75, 3.05) is 0 Å². The summed E-state index contributed by atoms with van der Waals surface area (Å²) in [6, 6.07) is 56.6. The van der Waals surface area contributed by atoms with Crippen molar-refractivity contribution in [1.29, 1.82) is 5.26 Å². The van der Waals surface area contributed by atoms with Crippen molar-refractivity contribution in [2.45, 2.75) is 13.8 Å². The molecule has 10 rings (SSSR count). The summed E-state index contributed by atoms with van der Waals surface area (Å²) in [6.07, 6.45) is 0. The van der Waals surface area contributed by atoms with Gasteiger partial charge in [0.25, 0.3) is 0 Å². The molecule has 3 heterocycles. The van der Waals surface area contributed by atoms with Gasteiger partial charge in [-0.3, -0.25) is 0 Å². The molecule has 0 saturated carbocycles. The highest BCUT2D eigenvalue weighted by molar-refractivity contribution is 6.26. The standard InChI is InChI=1S/C48H32N6/c1-30-25-31(2)27-36(26-30)53-42-20-12-10-18-39(42)44-43(53)24-22-38-37-17-9-11-19-41(37)54(45(38)44)40-23-21-34(28-35(40)29-49)48-51-46(32-13-5-3-6-14-32)50-47(52-48)33-15-7-4-8-16-33/h3-28H,1-2H3. The third-order valence-electron chi connectivity index (χ3n) is 10.2. The highest BCUT2D eigenvalue weighted by Gasteiger charge is 2.23. The third-order valence-corrected chi connectivity index (χ3v) is 10.2. The van der Waals surface area contributed by atoms with Gasteiger partial charge in [0.1, 0.15) is 6.07 Å². The topological polar surface area (TPSA) is 72.3 Å². The van der Waals surface area contributed by atoms with Crippen LogP contribution in [0.1, 0.15) is 16.7 Å². The molecule has 0 radical (unpaired) electrons. The second kappa shape index (κ2) is 12.4. The van der Waals surface area contributed by atoms with Crippen molar-refractivity contribution in [2.24, 2.45) is 0 Å². The van der Waals surface area contributed by atoms with E-state index in [0.717, 1.165) is 71.7 Å². The highest BCUT2D eigenvalue weighted by atomic mass is 15.0. The molecule has 0 atom stereocenters. The molecule has 0 amide bonds. The minimum atomic E-state index is 0.506. The quantitative estimate of drug-likeness (QED) is 0.180. The van der Waals surface area contributed by atoms with Gasteiger partial charge in [0.15, 0.2) is 17.5 Å². The van der Waals surface area contributed by atoms with Gasteiger partial charge in [-0.05, 0) is 73.5 Å². The van der Waals surface area contributed by atoms with E-state index in [0.29, 0.717) is 23.0 Å². The average Bonchev–Trinajstić information content (AvgIpc) is 3.73. The largest absolute Gasteiger partial charge is 0.309 e. The fourth-order valence-electron chi connectivity index (χ4n) is 8.01. The normalized spacial score (nSPS) is 11.5. The summed E-state index contributed by atoms with van der Waals surface area (Å²) < 4.78 is 4.64. The zero-order valence-corrected chi connectivity index (χ0v) is 29.7. The monoisotopic (exact) mass is 692 g/mol. The lowest BCUT2D eigenvalue weighted by Crippen LogP contribution is -2.02. The molecule has 0 saturated heterocycles. The van der Waals surface area contributed by atoms with Gasteiger partial charge in [0.2, 0.25) is 0 Å². The van der Waals surface area contributed by atoms with Crippen molar-refractivity contribution in [3.63, 3.8) is 0 Å². The minimum absolute atomic E-state index is 0.506. The zero-order valence-electron chi connectivity index (χ0n) is 29.7. The first-order valence-corrected chi connectivity index (χ1v) is 18.0. The van der Waals surface area contributed by atoms with Gasteiger partial charge in [-0.15, -0.1) is 0 Å². The molecule has 54 heavy (non-hydrogen) atoms. The van der Waals surface area contributed by atoms with Crippen LogP contribution in [-0.2, 0) is 0 Å². The SMILES string of the molecule is Cc1cc(C)cc(-n2c3ccccc3c3c2ccc2c4ccccc4n(-c4ccc(-c5nc(-c6ccccc6)nc(-c6ccccc6)n5)cc4C#N)c23)c1. The van der Waals surface area contributed by atoms with Crippen molar-refractivity contribution in [1.82, 2.24) is 24.1 Å². The van der Waals surface area contributed by atoms with E-state index in [1.807, 2.05) is 78.9 Å². The summed E-state index contributed by atoms with van der Waals surface area (Å²) in [7, 11) is 0. The molecule has 6 heteroatoms. The molecule has 6 nitrogen and oxygen atoms in total. The van der Waals surface area contributed by atoms with Gasteiger partial charge in [0, 0.05) is 43.9 Å². The number of aryl methyl sites for hydroxylation is 2. The van der Waals surface area contributed by atoms with Gasteiger partial charge >= 0.3 is 0 Å². The summed E-state index contributed by atoms with van der Waals surface area (Å²) in [5, 5.41) is 15.4. The number of fused-ring (bicyclic) bond motifs is 7. The molecule has 10 aromatic rings. The molecule has 0 bridgehead atoms. The number of benzene rings is 7. The number of aromatic nitrogens is 5. The predicted octanol–water partition coefficient (Wildman–Crippen LogP) is 11.6. The first kappa shape index (κ1) is 31.4. The van der Waals surface area contributed by atoms with Crippen LogP contribution in [-0.4, -0.2) is 24.1 Å². The van der Waals surface area contributed by atoms with Gasteiger partial charge in [-0.2, -0.15) is 5.26 Å². The first-order valence-electron chi connectivity index (χ1n) is 18.0. The highest BCUT2D eigenvalue weighted by Crippen LogP contribution is 2.43. The predicted molar refractivity (Wildman–Crippen MR) is 219 cm³/mol. The molecule has 254 valence electrons. The maximum Gasteiger partial charge on any atom is 0.164 e. The number of hydrogen-bond acceptors (Lipinski definition) is 4. The van der Waals surface area contributed by atoms with E-state index in [1.54, 1.807) is 0 Å². The van der Waals surface area contributed by atoms with Crippen LogP contribution in [0.4, 0.5) is 0 Å². The van der Waals surface area contributed by atoms with Crippen molar-refractivity contribution in [3.05, 3.63) is 174 Å². The van der Waals surface area contributed by atoms with Crippen molar-refractivity contribution >= 4 is 43.6 Å². The Hall–Kier alpha value is -7.36. The molecule has 0 spiro atoms. The first-order chi connectivity index (χ1) is 26.6. The van der Waals surface area contributed by atoms with E-state index in [4.69, 9.17) is 15.0 Å². The Morgan fingerprint density at radius 3 is 1.65 bits per heavy atom. The summed E-state index contributed by atoms with van der Waals surface area (Å²) >= 11 is 0. The van der Waals surface area contributed by atoms with E-state index < -0.39 is 0 Å². The summed E-state index contributed by atoms with van der Waals surface area (Å²) in [5.74, 6) is 1.66. The third kappa shape index (κ3) is 4.98. The number of nitrogens with zero attached hydrogens (tertiary/aromatic N) is 6. The Morgan fingerprint density at radius 1 is 0.463 bits per heavy atom. The number of para-hydroxylation sites is 2. The lowest BCUT2D eigenvalue weighted by Gasteiger charge is -2.13. The van der Waals surface area contributed by atoms with E-state index in [2.05, 4.69) is 108 Å². The second-order valence-corrected chi connectivity index (χ2v) is 13.8. The summed E-state index contributed by atoms with van der Waals surface area (Å²) in [6.45, 7) is 4.30. The summed E-state index contributed by atoms with van der Waals surface area (Å²) in [4.78, 5) is 14.8. The van der Waals surface area contributed by atoms with E-state index in [1.165, 1.54) is 11.1 Å². The molecule has 0 aliphatic carbocycles. The van der Waals surface area contributed by atoms with Crippen LogP contribution in [0.2, 0.25) is 0 Å². The fraction of sp³-hybridized carbons (Fsp3) is 0.0417. The van der Waals surface area contributed by atoms with E-state index in [9.17, 15) is 5.26 Å². The zero-order chi connectivity index (χ0) is 36.3. The molecule has 0 unspecified atom stereocenters. The lowest BCUT2D eigenvalue weighted by atomic mass is 10.1. The number of rotatable bonds is 5. The molecular formula is C48H32N6. The molecule has 0 N–H and O–H groups in total. The molecule has 3 aromatic heterocycles. The van der Waals surface area contributed by atoms with Gasteiger partial charge in [0.05, 0.1) is 33.3 Å². The Kier molecular flexibility index (Phi) is 7.21. The van der Waals surface area contributed by atoms with Crippen LogP contribution >= 0.6 is 0 Å². The molecule has 7 aromatic carbocycles. The lowest BCUT2D eigenvalue weighted by molar-refractivity contribution is 1.07. The maximum atomic E-state index is 10.9. The van der Waals surface area contributed by atoms with Gasteiger partial charge < -0.3 is 9.13 Å².